The smallest absolute Gasteiger partial charge is 0.313 e. The van der Waals surface area contributed by atoms with Crippen LogP contribution < -0.4 is 5.73 Å². The lowest BCUT2D eigenvalue weighted by Crippen LogP contribution is -2.48. The predicted octanol–water partition coefficient (Wildman–Crippen LogP) is 3.02. The van der Waals surface area contributed by atoms with Gasteiger partial charge in [-0.3, -0.25) is 4.79 Å². The summed E-state index contributed by atoms with van der Waals surface area (Å²) in [7, 11) is 0. The van der Waals surface area contributed by atoms with Crippen molar-refractivity contribution in [2.45, 2.75) is 71.3 Å². The number of carbonyl (C=O) groups is 1. The van der Waals surface area contributed by atoms with Crippen molar-refractivity contribution < 1.29 is 9.53 Å². The van der Waals surface area contributed by atoms with Crippen LogP contribution in [0.4, 0.5) is 0 Å². The number of esters is 1. The highest BCUT2D eigenvalue weighted by atomic mass is 16.5. The molecule has 0 radical (unpaired) electrons. The maximum absolute atomic E-state index is 12.2. The first-order valence-corrected chi connectivity index (χ1v) is 6.96. The number of hydrogen-bond acceptors (Lipinski definition) is 3. The van der Waals surface area contributed by atoms with Gasteiger partial charge in [0.25, 0.3) is 0 Å². The molecule has 0 heterocycles. The normalized spacial score (nSPS) is 20.7. The summed E-state index contributed by atoms with van der Waals surface area (Å²) < 4.78 is 5.41. The van der Waals surface area contributed by atoms with Crippen molar-refractivity contribution in [1.29, 1.82) is 0 Å². The highest BCUT2D eigenvalue weighted by molar-refractivity contribution is 5.79. The zero-order valence-corrected chi connectivity index (χ0v) is 11.6. The summed E-state index contributed by atoms with van der Waals surface area (Å²) in [6.45, 7) is 6.75. The van der Waals surface area contributed by atoms with Gasteiger partial charge >= 0.3 is 5.97 Å². The Morgan fingerprint density at radius 1 is 1.29 bits per heavy atom. The Balaban J connectivity index is 2.50. The molecule has 0 amide bonds. The lowest BCUT2D eigenvalue weighted by Gasteiger charge is -2.33. The van der Waals surface area contributed by atoms with Crippen LogP contribution in [0.25, 0.3) is 0 Å². The van der Waals surface area contributed by atoms with E-state index < -0.39 is 5.41 Å². The van der Waals surface area contributed by atoms with Crippen LogP contribution in [0.1, 0.15) is 65.7 Å². The molecule has 17 heavy (non-hydrogen) atoms. The van der Waals surface area contributed by atoms with E-state index >= 15 is 0 Å². The molecular formula is C14H27NO2. The van der Waals surface area contributed by atoms with E-state index in [1.54, 1.807) is 0 Å². The first kappa shape index (κ1) is 14.5. The second-order valence-electron chi connectivity index (χ2n) is 5.58. The van der Waals surface area contributed by atoms with Gasteiger partial charge < -0.3 is 10.5 Å². The van der Waals surface area contributed by atoms with Gasteiger partial charge in [0, 0.05) is 5.54 Å². The minimum atomic E-state index is -0.478. The molecule has 100 valence electrons. The van der Waals surface area contributed by atoms with Gasteiger partial charge in [-0.25, -0.2) is 0 Å². The Hall–Kier alpha value is -0.570. The highest BCUT2D eigenvalue weighted by Crippen LogP contribution is 2.51. The molecule has 1 saturated carbocycles. The van der Waals surface area contributed by atoms with Crippen molar-refractivity contribution in [2.24, 2.45) is 11.1 Å². The van der Waals surface area contributed by atoms with Crippen LogP contribution in [0.2, 0.25) is 0 Å². The summed E-state index contributed by atoms with van der Waals surface area (Å²) in [6, 6.07) is 0. The molecule has 1 rings (SSSR count). The monoisotopic (exact) mass is 241 g/mol. The van der Waals surface area contributed by atoms with E-state index in [0.717, 1.165) is 44.9 Å². The van der Waals surface area contributed by atoms with Crippen molar-refractivity contribution in [3.8, 4) is 0 Å². The molecule has 0 saturated heterocycles. The molecule has 1 aliphatic rings. The predicted molar refractivity (Wildman–Crippen MR) is 69.7 cm³/mol. The largest absolute Gasteiger partial charge is 0.465 e. The maximum atomic E-state index is 12.2. The van der Waals surface area contributed by atoms with Gasteiger partial charge in [-0.1, -0.05) is 33.1 Å². The number of carbonyl (C=O) groups excluding carboxylic acids is 1. The van der Waals surface area contributed by atoms with E-state index in [1.807, 2.05) is 6.92 Å². The highest BCUT2D eigenvalue weighted by Gasteiger charge is 2.58. The topological polar surface area (TPSA) is 52.3 Å². The Kier molecular flexibility index (Phi) is 4.99. The molecule has 0 bridgehead atoms. The van der Waals surface area contributed by atoms with Gasteiger partial charge in [-0.2, -0.15) is 0 Å². The molecule has 0 aromatic heterocycles. The number of nitrogens with two attached hydrogens (primary N) is 1. The minimum Gasteiger partial charge on any atom is -0.465 e. The standard InChI is InChI=1S/C14H27NO2/c1-4-6-7-11-17-12(16)13(3,8-5-2)14(15)9-10-14/h4-11,15H2,1-3H3. The molecule has 0 spiro atoms. The Labute approximate surface area is 105 Å². The third-order valence-corrected chi connectivity index (χ3v) is 4.07. The van der Waals surface area contributed by atoms with E-state index in [2.05, 4.69) is 13.8 Å². The van der Waals surface area contributed by atoms with Gasteiger partial charge in [-0.05, 0) is 32.6 Å². The summed E-state index contributed by atoms with van der Waals surface area (Å²) in [6.07, 6.45) is 6.93. The van der Waals surface area contributed by atoms with Crippen LogP contribution >= 0.6 is 0 Å². The van der Waals surface area contributed by atoms with E-state index in [-0.39, 0.29) is 11.5 Å². The van der Waals surface area contributed by atoms with Crippen LogP contribution in [0.15, 0.2) is 0 Å². The summed E-state index contributed by atoms with van der Waals surface area (Å²) in [4.78, 5) is 12.2. The Morgan fingerprint density at radius 3 is 2.41 bits per heavy atom. The van der Waals surface area contributed by atoms with Gasteiger partial charge in [-0.15, -0.1) is 0 Å². The van der Waals surface area contributed by atoms with Crippen LogP contribution in [-0.4, -0.2) is 18.1 Å². The second kappa shape index (κ2) is 5.85. The SMILES string of the molecule is CCCCCOC(=O)C(C)(CCC)C1(N)CC1. The Bertz CT molecular complexity index is 261. The number of ether oxygens (including phenoxy) is 1. The fourth-order valence-corrected chi connectivity index (χ4v) is 2.42. The van der Waals surface area contributed by atoms with Gasteiger partial charge in [0.05, 0.1) is 12.0 Å². The lowest BCUT2D eigenvalue weighted by atomic mass is 9.76. The van der Waals surface area contributed by atoms with Gasteiger partial charge in [0.15, 0.2) is 0 Å². The van der Waals surface area contributed by atoms with E-state index in [9.17, 15) is 4.79 Å². The molecule has 0 aromatic carbocycles. The first-order valence-electron chi connectivity index (χ1n) is 6.96. The number of rotatable bonds is 8. The lowest BCUT2D eigenvalue weighted by molar-refractivity contribution is -0.157. The molecule has 1 atom stereocenters. The molecule has 3 nitrogen and oxygen atoms in total. The van der Waals surface area contributed by atoms with Gasteiger partial charge in [0.1, 0.15) is 0 Å². The quantitative estimate of drug-likeness (QED) is 0.525. The molecule has 1 fully saturated rings. The number of hydrogen-bond donors (Lipinski definition) is 1. The summed E-state index contributed by atoms with van der Waals surface area (Å²) in [5.41, 5.74) is 5.46. The summed E-state index contributed by atoms with van der Waals surface area (Å²) in [5, 5.41) is 0. The first-order chi connectivity index (χ1) is 8.00. The zero-order valence-electron chi connectivity index (χ0n) is 11.6. The van der Waals surface area contributed by atoms with Crippen LogP contribution in [-0.2, 0) is 9.53 Å². The fraction of sp³-hybridized carbons (Fsp3) is 0.929. The maximum Gasteiger partial charge on any atom is 0.313 e. The van der Waals surface area contributed by atoms with E-state index in [4.69, 9.17) is 10.5 Å². The van der Waals surface area contributed by atoms with Crippen molar-refractivity contribution in [3.05, 3.63) is 0 Å². The second-order valence-corrected chi connectivity index (χ2v) is 5.58. The average Bonchev–Trinajstić information content (AvgIpc) is 3.04. The molecule has 2 N–H and O–H groups in total. The van der Waals surface area contributed by atoms with E-state index in [0.29, 0.717) is 6.61 Å². The molecule has 0 aliphatic heterocycles. The van der Waals surface area contributed by atoms with Crippen LogP contribution in [0.5, 0.6) is 0 Å². The van der Waals surface area contributed by atoms with Gasteiger partial charge in [0.2, 0.25) is 0 Å². The van der Waals surface area contributed by atoms with Crippen LogP contribution in [0.3, 0.4) is 0 Å². The fourth-order valence-electron chi connectivity index (χ4n) is 2.42. The third-order valence-electron chi connectivity index (χ3n) is 4.07. The van der Waals surface area contributed by atoms with E-state index in [1.165, 1.54) is 0 Å². The van der Waals surface area contributed by atoms with Crippen molar-refractivity contribution in [2.75, 3.05) is 6.61 Å². The Morgan fingerprint density at radius 2 is 1.94 bits per heavy atom. The molecule has 0 aromatic rings. The molecule has 1 unspecified atom stereocenters. The summed E-state index contributed by atoms with van der Waals surface area (Å²) in [5.74, 6) is -0.0875. The zero-order chi connectivity index (χ0) is 12.9. The molecular weight excluding hydrogens is 214 g/mol. The minimum absolute atomic E-state index is 0.0875. The third kappa shape index (κ3) is 3.21. The molecule has 3 heteroatoms. The van der Waals surface area contributed by atoms with Crippen LogP contribution in [0, 0.1) is 5.41 Å². The van der Waals surface area contributed by atoms with Crippen molar-refractivity contribution in [1.82, 2.24) is 0 Å². The average molecular weight is 241 g/mol. The van der Waals surface area contributed by atoms with Crippen molar-refractivity contribution >= 4 is 5.97 Å². The number of unbranched alkanes of at least 4 members (excludes halogenated alkanes) is 2. The molecule has 1 aliphatic carbocycles. The van der Waals surface area contributed by atoms with Crippen molar-refractivity contribution in [3.63, 3.8) is 0 Å². The summed E-state index contributed by atoms with van der Waals surface area (Å²) >= 11 is 0.